The van der Waals surface area contributed by atoms with E-state index in [0.29, 0.717) is 0 Å². The third-order valence-electron chi connectivity index (χ3n) is 1.81. The van der Waals surface area contributed by atoms with Crippen molar-refractivity contribution in [1.29, 1.82) is 0 Å². The number of likely N-dealkylation sites (N-methyl/N-ethyl adjacent to an activating group) is 1. The summed E-state index contributed by atoms with van der Waals surface area (Å²) in [6.45, 7) is -0.340. The zero-order valence-corrected chi connectivity index (χ0v) is 7.40. The van der Waals surface area contributed by atoms with Crippen molar-refractivity contribution in [3.8, 4) is 0 Å². The third kappa shape index (κ3) is 2.07. The maximum absolute atomic E-state index is 11.4. The van der Waals surface area contributed by atoms with E-state index in [2.05, 4.69) is 4.98 Å². The molecule has 0 bridgehead atoms. The number of nitrogens with one attached hydrogen (secondary N) is 1. The molecule has 0 saturated carbocycles. The van der Waals surface area contributed by atoms with E-state index in [0.717, 1.165) is 5.69 Å². The summed E-state index contributed by atoms with van der Waals surface area (Å²) in [5.41, 5.74) is 6.10. The number of hydrogen-bond donors (Lipinski definition) is 3. The van der Waals surface area contributed by atoms with E-state index < -0.39 is 6.04 Å². The predicted octanol–water partition coefficient (Wildman–Crippen LogP) is -0.703. The number of rotatable bonds is 3. The van der Waals surface area contributed by atoms with Crippen LogP contribution >= 0.6 is 0 Å². The molecule has 0 aromatic carbocycles. The van der Waals surface area contributed by atoms with Gasteiger partial charge in [-0.25, -0.2) is 0 Å². The Morgan fingerprint density at radius 1 is 1.85 bits per heavy atom. The maximum Gasteiger partial charge on any atom is 0.246 e. The first-order valence-corrected chi connectivity index (χ1v) is 3.93. The summed E-state index contributed by atoms with van der Waals surface area (Å²) in [6, 6.07) is 0.905. The van der Waals surface area contributed by atoms with Gasteiger partial charge in [0.2, 0.25) is 5.91 Å². The number of carbonyl (C=O) groups is 1. The van der Waals surface area contributed by atoms with E-state index >= 15 is 0 Å². The van der Waals surface area contributed by atoms with Crippen molar-refractivity contribution < 1.29 is 9.90 Å². The van der Waals surface area contributed by atoms with Gasteiger partial charge in [-0.1, -0.05) is 0 Å². The summed E-state index contributed by atoms with van der Waals surface area (Å²) in [5.74, 6) is -0.304. The van der Waals surface area contributed by atoms with Gasteiger partial charge in [-0.05, 0) is 6.07 Å². The van der Waals surface area contributed by atoms with Crippen LogP contribution in [0.4, 0.5) is 5.69 Å². The van der Waals surface area contributed by atoms with Gasteiger partial charge >= 0.3 is 0 Å². The lowest BCUT2D eigenvalue weighted by Gasteiger charge is -2.18. The van der Waals surface area contributed by atoms with Crippen LogP contribution in [0.5, 0.6) is 0 Å². The predicted molar refractivity (Wildman–Crippen MR) is 49.3 cm³/mol. The molecule has 1 unspecified atom stereocenters. The second kappa shape index (κ2) is 4.06. The monoisotopic (exact) mass is 183 g/mol. The molecule has 1 rings (SSSR count). The smallest absolute Gasteiger partial charge is 0.246 e. The quantitative estimate of drug-likeness (QED) is 0.579. The van der Waals surface area contributed by atoms with E-state index in [-0.39, 0.29) is 12.5 Å². The number of aliphatic hydroxyl groups excluding tert-OH is 1. The van der Waals surface area contributed by atoms with Gasteiger partial charge in [0, 0.05) is 19.4 Å². The number of nitrogens with two attached hydrogens (primary N) is 1. The first-order chi connectivity index (χ1) is 6.16. The molecule has 1 heterocycles. The summed E-state index contributed by atoms with van der Waals surface area (Å²) in [4.78, 5) is 15.6. The molecule has 1 aromatic heterocycles. The van der Waals surface area contributed by atoms with Crippen LogP contribution in [0.15, 0.2) is 18.5 Å². The molecule has 5 nitrogen and oxygen atoms in total. The molecular weight excluding hydrogens is 170 g/mol. The standard InChI is InChI=1S/C8H13N3O2/c1-11(6-2-3-10-4-6)8(13)7(9)5-12/h2-4,7,10,12H,5,9H2,1H3. The van der Waals surface area contributed by atoms with Crippen LogP contribution in [0.2, 0.25) is 0 Å². The van der Waals surface area contributed by atoms with E-state index in [1.165, 1.54) is 4.90 Å². The van der Waals surface area contributed by atoms with Crippen molar-refractivity contribution in [2.75, 3.05) is 18.6 Å². The Labute approximate surface area is 76.2 Å². The van der Waals surface area contributed by atoms with Crippen LogP contribution in [-0.2, 0) is 4.79 Å². The Bertz CT molecular complexity index is 271. The van der Waals surface area contributed by atoms with Crippen molar-refractivity contribution in [3.05, 3.63) is 18.5 Å². The third-order valence-corrected chi connectivity index (χ3v) is 1.81. The zero-order valence-electron chi connectivity index (χ0n) is 7.40. The molecule has 5 heteroatoms. The molecule has 13 heavy (non-hydrogen) atoms. The van der Waals surface area contributed by atoms with Crippen molar-refractivity contribution in [2.24, 2.45) is 5.73 Å². The van der Waals surface area contributed by atoms with E-state index in [1.54, 1.807) is 25.5 Å². The van der Waals surface area contributed by atoms with Crippen molar-refractivity contribution in [1.82, 2.24) is 4.98 Å². The Balaban J connectivity index is 2.68. The highest BCUT2D eigenvalue weighted by molar-refractivity contribution is 5.96. The number of nitrogens with zero attached hydrogens (tertiary/aromatic N) is 1. The maximum atomic E-state index is 11.4. The molecule has 0 fully saturated rings. The highest BCUT2D eigenvalue weighted by Gasteiger charge is 2.18. The van der Waals surface area contributed by atoms with Gasteiger partial charge in [0.25, 0.3) is 0 Å². The first kappa shape index (κ1) is 9.76. The van der Waals surface area contributed by atoms with Gasteiger partial charge in [0.05, 0.1) is 12.3 Å². The van der Waals surface area contributed by atoms with Gasteiger partial charge < -0.3 is 20.7 Å². The minimum atomic E-state index is -0.847. The minimum absolute atomic E-state index is 0.304. The molecule has 0 aliphatic rings. The van der Waals surface area contributed by atoms with Gasteiger partial charge in [-0.3, -0.25) is 4.79 Å². The highest BCUT2D eigenvalue weighted by Crippen LogP contribution is 2.10. The molecule has 0 radical (unpaired) electrons. The Morgan fingerprint density at radius 3 is 3.00 bits per heavy atom. The Kier molecular flexibility index (Phi) is 3.05. The SMILES string of the molecule is CN(C(=O)C(N)CO)c1cc[nH]c1. The number of aromatic amines is 1. The lowest BCUT2D eigenvalue weighted by Crippen LogP contribution is -2.44. The molecule has 1 atom stereocenters. The van der Waals surface area contributed by atoms with Gasteiger partial charge in [-0.2, -0.15) is 0 Å². The topological polar surface area (TPSA) is 82.3 Å². The van der Waals surface area contributed by atoms with Crippen LogP contribution in [0.3, 0.4) is 0 Å². The van der Waals surface area contributed by atoms with Crippen LogP contribution < -0.4 is 10.6 Å². The normalized spacial score (nSPS) is 12.5. The van der Waals surface area contributed by atoms with Crippen LogP contribution in [0.1, 0.15) is 0 Å². The summed E-state index contributed by atoms with van der Waals surface area (Å²) in [5, 5.41) is 8.67. The summed E-state index contributed by atoms with van der Waals surface area (Å²) >= 11 is 0. The van der Waals surface area contributed by atoms with E-state index in [1.807, 2.05) is 0 Å². The largest absolute Gasteiger partial charge is 0.394 e. The summed E-state index contributed by atoms with van der Waals surface area (Å²) in [6.07, 6.45) is 3.39. The van der Waals surface area contributed by atoms with Crippen molar-refractivity contribution >= 4 is 11.6 Å². The Morgan fingerprint density at radius 2 is 2.54 bits per heavy atom. The van der Waals surface area contributed by atoms with Gasteiger partial charge in [0.15, 0.2) is 0 Å². The number of hydrogen-bond acceptors (Lipinski definition) is 3. The summed E-state index contributed by atoms with van der Waals surface area (Å²) < 4.78 is 0. The lowest BCUT2D eigenvalue weighted by molar-refractivity contribution is -0.120. The number of carbonyl (C=O) groups excluding carboxylic acids is 1. The van der Waals surface area contributed by atoms with Gasteiger partial charge in [0.1, 0.15) is 6.04 Å². The van der Waals surface area contributed by atoms with E-state index in [9.17, 15) is 4.79 Å². The molecule has 1 aromatic rings. The number of H-pyrrole nitrogens is 1. The first-order valence-electron chi connectivity index (χ1n) is 3.93. The average Bonchev–Trinajstić information content (AvgIpc) is 2.67. The minimum Gasteiger partial charge on any atom is -0.394 e. The highest BCUT2D eigenvalue weighted by atomic mass is 16.3. The number of aliphatic hydroxyl groups is 1. The lowest BCUT2D eigenvalue weighted by atomic mass is 10.3. The number of aromatic nitrogens is 1. The average molecular weight is 183 g/mol. The molecule has 0 spiro atoms. The van der Waals surface area contributed by atoms with Crippen molar-refractivity contribution in [2.45, 2.75) is 6.04 Å². The number of amides is 1. The molecular formula is C8H13N3O2. The molecule has 4 N–H and O–H groups in total. The zero-order chi connectivity index (χ0) is 9.84. The van der Waals surface area contributed by atoms with E-state index in [4.69, 9.17) is 10.8 Å². The molecule has 1 amide bonds. The summed E-state index contributed by atoms with van der Waals surface area (Å²) in [7, 11) is 1.61. The van der Waals surface area contributed by atoms with Crippen LogP contribution in [0, 0.1) is 0 Å². The van der Waals surface area contributed by atoms with Crippen LogP contribution in [-0.4, -0.2) is 35.7 Å². The second-order valence-electron chi connectivity index (χ2n) is 2.76. The Hall–Kier alpha value is -1.33. The second-order valence-corrected chi connectivity index (χ2v) is 2.76. The number of anilines is 1. The fourth-order valence-corrected chi connectivity index (χ4v) is 0.978. The molecule has 72 valence electrons. The fraction of sp³-hybridized carbons (Fsp3) is 0.375. The van der Waals surface area contributed by atoms with Gasteiger partial charge in [-0.15, -0.1) is 0 Å². The molecule has 0 saturated heterocycles. The molecule has 0 aliphatic heterocycles. The fourth-order valence-electron chi connectivity index (χ4n) is 0.978. The molecule has 0 aliphatic carbocycles. The van der Waals surface area contributed by atoms with Crippen molar-refractivity contribution in [3.63, 3.8) is 0 Å². The van der Waals surface area contributed by atoms with Crippen LogP contribution in [0.25, 0.3) is 0 Å².